The Labute approximate surface area is 126 Å². The zero-order valence-electron chi connectivity index (χ0n) is 12.5. The SMILES string of the molecule is CN(C)S(=O)(=O)c1ccc(OC2CCCCCC2N)nc1. The fourth-order valence-electron chi connectivity index (χ4n) is 2.40. The minimum atomic E-state index is -3.45. The van der Waals surface area contributed by atoms with E-state index in [-0.39, 0.29) is 17.0 Å². The summed E-state index contributed by atoms with van der Waals surface area (Å²) in [4.78, 5) is 4.26. The summed E-state index contributed by atoms with van der Waals surface area (Å²) in [6.45, 7) is 0. The third kappa shape index (κ3) is 3.93. The first kappa shape index (κ1) is 16.2. The molecule has 1 aromatic heterocycles. The van der Waals surface area contributed by atoms with Gasteiger partial charge in [-0.3, -0.25) is 0 Å². The van der Waals surface area contributed by atoms with Gasteiger partial charge in [-0.25, -0.2) is 17.7 Å². The fourth-order valence-corrected chi connectivity index (χ4v) is 3.25. The van der Waals surface area contributed by atoms with Crippen LogP contribution in [-0.4, -0.2) is 43.9 Å². The largest absolute Gasteiger partial charge is 0.473 e. The van der Waals surface area contributed by atoms with E-state index in [4.69, 9.17) is 10.5 Å². The van der Waals surface area contributed by atoms with E-state index in [1.165, 1.54) is 32.8 Å². The molecule has 7 heteroatoms. The molecule has 1 aromatic rings. The molecule has 0 aliphatic heterocycles. The quantitative estimate of drug-likeness (QED) is 0.849. The van der Waals surface area contributed by atoms with Gasteiger partial charge in [0.1, 0.15) is 11.0 Å². The zero-order valence-corrected chi connectivity index (χ0v) is 13.3. The highest BCUT2D eigenvalue weighted by molar-refractivity contribution is 7.89. The van der Waals surface area contributed by atoms with Crippen LogP contribution in [0.15, 0.2) is 23.2 Å². The number of hydrogen-bond donors (Lipinski definition) is 1. The smallest absolute Gasteiger partial charge is 0.244 e. The summed E-state index contributed by atoms with van der Waals surface area (Å²) < 4.78 is 30.9. The molecule has 0 aromatic carbocycles. The van der Waals surface area contributed by atoms with E-state index in [0.717, 1.165) is 30.0 Å². The summed E-state index contributed by atoms with van der Waals surface area (Å²) in [6, 6.07) is 3.12. The molecule has 1 aliphatic rings. The van der Waals surface area contributed by atoms with Crippen molar-refractivity contribution in [2.75, 3.05) is 14.1 Å². The van der Waals surface area contributed by atoms with Crippen LogP contribution in [0.2, 0.25) is 0 Å². The lowest BCUT2D eigenvalue weighted by Crippen LogP contribution is -2.38. The van der Waals surface area contributed by atoms with Crippen LogP contribution in [0.3, 0.4) is 0 Å². The number of sulfonamides is 1. The van der Waals surface area contributed by atoms with Crippen molar-refractivity contribution in [2.45, 2.75) is 49.1 Å². The number of ether oxygens (including phenoxy) is 1. The molecule has 1 heterocycles. The highest BCUT2D eigenvalue weighted by Gasteiger charge is 2.23. The monoisotopic (exact) mass is 313 g/mol. The van der Waals surface area contributed by atoms with Gasteiger partial charge in [-0.15, -0.1) is 0 Å². The van der Waals surface area contributed by atoms with Crippen molar-refractivity contribution in [2.24, 2.45) is 5.73 Å². The topological polar surface area (TPSA) is 85.5 Å². The predicted octanol–water partition coefficient (Wildman–Crippen LogP) is 1.37. The number of nitrogens with zero attached hydrogens (tertiary/aromatic N) is 2. The van der Waals surface area contributed by atoms with Crippen molar-refractivity contribution in [3.8, 4) is 5.88 Å². The molecule has 0 saturated heterocycles. The molecule has 1 aliphatic carbocycles. The van der Waals surface area contributed by atoms with E-state index in [0.29, 0.717) is 5.88 Å². The molecule has 1 fully saturated rings. The third-order valence-corrected chi connectivity index (χ3v) is 5.56. The molecule has 1 saturated carbocycles. The molecule has 21 heavy (non-hydrogen) atoms. The molecule has 0 spiro atoms. The number of pyridine rings is 1. The van der Waals surface area contributed by atoms with Crippen LogP contribution >= 0.6 is 0 Å². The average Bonchev–Trinajstić information content (AvgIpc) is 2.65. The molecule has 0 radical (unpaired) electrons. The van der Waals surface area contributed by atoms with E-state index in [2.05, 4.69) is 4.98 Å². The van der Waals surface area contributed by atoms with Crippen molar-refractivity contribution in [1.29, 1.82) is 0 Å². The molecular formula is C14H23N3O3S. The second-order valence-corrected chi connectivity index (χ2v) is 7.73. The molecule has 0 bridgehead atoms. The first-order chi connectivity index (χ1) is 9.91. The molecule has 2 rings (SSSR count). The predicted molar refractivity (Wildman–Crippen MR) is 80.6 cm³/mol. The van der Waals surface area contributed by atoms with Crippen molar-refractivity contribution in [3.63, 3.8) is 0 Å². The Morgan fingerprint density at radius 1 is 1.24 bits per heavy atom. The van der Waals surface area contributed by atoms with Gasteiger partial charge in [0.05, 0.1) is 6.20 Å². The van der Waals surface area contributed by atoms with Crippen LogP contribution in [0.1, 0.15) is 32.1 Å². The molecule has 2 unspecified atom stereocenters. The maximum atomic E-state index is 12.0. The van der Waals surface area contributed by atoms with Crippen LogP contribution in [0.25, 0.3) is 0 Å². The van der Waals surface area contributed by atoms with E-state index in [1.807, 2.05) is 0 Å². The van der Waals surface area contributed by atoms with Gasteiger partial charge in [0.15, 0.2) is 0 Å². The molecule has 118 valence electrons. The number of rotatable bonds is 4. The lowest BCUT2D eigenvalue weighted by Gasteiger charge is -2.22. The number of aromatic nitrogens is 1. The van der Waals surface area contributed by atoms with Crippen LogP contribution in [-0.2, 0) is 10.0 Å². The summed E-state index contributed by atoms with van der Waals surface area (Å²) >= 11 is 0. The van der Waals surface area contributed by atoms with Gasteiger partial charge in [0.2, 0.25) is 15.9 Å². The lowest BCUT2D eigenvalue weighted by molar-refractivity contribution is 0.156. The maximum Gasteiger partial charge on any atom is 0.244 e. The van der Waals surface area contributed by atoms with Gasteiger partial charge in [0, 0.05) is 26.2 Å². The average molecular weight is 313 g/mol. The van der Waals surface area contributed by atoms with Crippen LogP contribution < -0.4 is 10.5 Å². The Kier molecular flexibility index (Phi) is 5.18. The Hall–Kier alpha value is -1.18. The normalized spacial score (nSPS) is 23.8. The van der Waals surface area contributed by atoms with E-state index in [9.17, 15) is 8.42 Å². The van der Waals surface area contributed by atoms with Gasteiger partial charge < -0.3 is 10.5 Å². The zero-order chi connectivity index (χ0) is 15.5. The van der Waals surface area contributed by atoms with Crippen LogP contribution in [0, 0.1) is 0 Å². The summed E-state index contributed by atoms with van der Waals surface area (Å²) in [6.07, 6.45) is 6.57. The van der Waals surface area contributed by atoms with Crippen LogP contribution in [0.4, 0.5) is 0 Å². The van der Waals surface area contributed by atoms with Gasteiger partial charge in [0.25, 0.3) is 0 Å². The highest BCUT2D eigenvalue weighted by Crippen LogP contribution is 2.22. The van der Waals surface area contributed by atoms with Crippen molar-refractivity contribution in [3.05, 3.63) is 18.3 Å². The third-order valence-electron chi connectivity index (χ3n) is 3.76. The molecular weight excluding hydrogens is 290 g/mol. The van der Waals surface area contributed by atoms with E-state index in [1.54, 1.807) is 6.07 Å². The second kappa shape index (κ2) is 6.72. The Morgan fingerprint density at radius 3 is 2.57 bits per heavy atom. The first-order valence-electron chi connectivity index (χ1n) is 7.22. The minimum absolute atomic E-state index is 0.0134. The molecule has 2 atom stereocenters. The minimum Gasteiger partial charge on any atom is -0.473 e. The van der Waals surface area contributed by atoms with E-state index >= 15 is 0 Å². The van der Waals surface area contributed by atoms with Gasteiger partial charge in [-0.2, -0.15) is 0 Å². The molecule has 6 nitrogen and oxygen atoms in total. The van der Waals surface area contributed by atoms with Gasteiger partial charge in [-0.05, 0) is 25.3 Å². The Balaban J connectivity index is 2.09. The summed E-state index contributed by atoms with van der Waals surface area (Å²) in [5.74, 6) is 0.426. The second-order valence-electron chi connectivity index (χ2n) is 5.58. The Morgan fingerprint density at radius 2 is 1.95 bits per heavy atom. The number of nitrogens with two attached hydrogens (primary N) is 1. The summed E-state index contributed by atoms with van der Waals surface area (Å²) in [7, 11) is -0.472. The molecule has 2 N–H and O–H groups in total. The van der Waals surface area contributed by atoms with Gasteiger partial charge in [-0.1, -0.05) is 12.8 Å². The molecule has 0 amide bonds. The first-order valence-corrected chi connectivity index (χ1v) is 8.66. The lowest BCUT2D eigenvalue weighted by atomic mass is 10.1. The number of hydrogen-bond acceptors (Lipinski definition) is 5. The van der Waals surface area contributed by atoms with E-state index < -0.39 is 10.0 Å². The maximum absolute atomic E-state index is 12.0. The van der Waals surface area contributed by atoms with Gasteiger partial charge >= 0.3 is 0 Å². The standard InChI is InChI=1S/C14H23N3O3S/c1-17(2)21(18,19)11-8-9-14(16-10-11)20-13-7-5-3-4-6-12(13)15/h8-10,12-13H,3-7,15H2,1-2H3. The summed E-state index contributed by atoms with van der Waals surface area (Å²) in [5.41, 5.74) is 6.11. The summed E-state index contributed by atoms with van der Waals surface area (Å²) in [5, 5.41) is 0. The highest BCUT2D eigenvalue weighted by atomic mass is 32.2. The van der Waals surface area contributed by atoms with Crippen LogP contribution in [0.5, 0.6) is 5.88 Å². The van der Waals surface area contributed by atoms with Crippen molar-refractivity contribution >= 4 is 10.0 Å². The Bertz CT molecular complexity index is 557. The van der Waals surface area contributed by atoms with Crippen molar-refractivity contribution in [1.82, 2.24) is 9.29 Å². The fraction of sp³-hybridized carbons (Fsp3) is 0.643. The van der Waals surface area contributed by atoms with Crippen molar-refractivity contribution < 1.29 is 13.2 Å².